The lowest BCUT2D eigenvalue weighted by molar-refractivity contribution is 0.724. The first-order valence-electron chi connectivity index (χ1n) is 7.27. The van der Waals surface area contributed by atoms with Gasteiger partial charge in [-0.15, -0.1) is 0 Å². The van der Waals surface area contributed by atoms with Gasteiger partial charge in [-0.2, -0.15) is 0 Å². The van der Waals surface area contributed by atoms with Crippen molar-refractivity contribution < 1.29 is 0 Å². The highest BCUT2D eigenvalue weighted by Crippen LogP contribution is 2.24. The average Bonchev–Trinajstić information content (AvgIpc) is 2.44. The maximum atomic E-state index is 3.52. The van der Waals surface area contributed by atoms with Crippen molar-refractivity contribution in [1.29, 1.82) is 0 Å². The number of rotatable bonds is 6. The van der Waals surface area contributed by atoms with E-state index < -0.39 is 0 Å². The summed E-state index contributed by atoms with van der Waals surface area (Å²) in [6.07, 6.45) is 2.31. The normalized spacial score (nSPS) is 10.6. The third kappa shape index (κ3) is 3.84. The molecule has 0 aromatic heterocycles. The van der Waals surface area contributed by atoms with Crippen molar-refractivity contribution in [3.63, 3.8) is 0 Å². The Kier molecular flexibility index (Phi) is 5.19. The second-order valence-corrected chi connectivity index (χ2v) is 5.30. The van der Waals surface area contributed by atoms with E-state index in [4.69, 9.17) is 0 Å². The van der Waals surface area contributed by atoms with Gasteiger partial charge >= 0.3 is 0 Å². The summed E-state index contributed by atoms with van der Waals surface area (Å²) in [7, 11) is 2.00. The number of benzene rings is 2. The number of hydrogen-bond donors (Lipinski definition) is 2. The molecular formula is C18H24N2. The van der Waals surface area contributed by atoms with Gasteiger partial charge in [-0.25, -0.2) is 0 Å². The van der Waals surface area contributed by atoms with Gasteiger partial charge in [0.25, 0.3) is 0 Å². The van der Waals surface area contributed by atoms with Crippen LogP contribution in [0.25, 0.3) is 0 Å². The van der Waals surface area contributed by atoms with E-state index in [9.17, 15) is 0 Å². The first-order chi connectivity index (χ1) is 9.70. The van der Waals surface area contributed by atoms with Crippen molar-refractivity contribution >= 4 is 11.4 Å². The molecule has 0 aliphatic carbocycles. The second kappa shape index (κ2) is 7.11. The van der Waals surface area contributed by atoms with Crippen molar-refractivity contribution in [2.24, 2.45) is 0 Å². The minimum absolute atomic E-state index is 1.07. The predicted octanol–water partition coefficient (Wildman–Crippen LogP) is 4.20. The van der Waals surface area contributed by atoms with E-state index >= 15 is 0 Å². The number of anilines is 2. The summed E-state index contributed by atoms with van der Waals surface area (Å²) in [6.45, 7) is 5.37. The topological polar surface area (TPSA) is 24.1 Å². The number of nitrogens with one attached hydrogen (secondary N) is 2. The summed E-state index contributed by atoms with van der Waals surface area (Å²) in [5, 5.41) is 6.71. The van der Waals surface area contributed by atoms with Crippen LogP contribution in [0.5, 0.6) is 0 Å². The van der Waals surface area contributed by atoms with E-state index in [-0.39, 0.29) is 0 Å². The van der Waals surface area contributed by atoms with Crippen LogP contribution in [0.1, 0.15) is 23.1 Å². The van der Waals surface area contributed by atoms with Crippen LogP contribution in [-0.4, -0.2) is 13.6 Å². The zero-order chi connectivity index (χ0) is 14.4. The molecule has 0 bridgehead atoms. The average molecular weight is 268 g/mol. The molecule has 0 saturated heterocycles. The Morgan fingerprint density at radius 2 is 1.65 bits per heavy atom. The van der Waals surface area contributed by atoms with Crippen LogP contribution < -0.4 is 10.6 Å². The van der Waals surface area contributed by atoms with E-state index in [2.05, 4.69) is 66.9 Å². The van der Waals surface area contributed by atoms with Crippen LogP contribution in [0.2, 0.25) is 0 Å². The maximum absolute atomic E-state index is 3.52. The van der Waals surface area contributed by atoms with Crippen molar-refractivity contribution in [3.05, 3.63) is 59.2 Å². The molecule has 0 saturated carbocycles. The van der Waals surface area contributed by atoms with E-state index in [1.54, 1.807) is 0 Å². The molecule has 0 amide bonds. The first-order valence-corrected chi connectivity index (χ1v) is 7.27. The summed E-state index contributed by atoms with van der Waals surface area (Å²) < 4.78 is 0. The lowest BCUT2D eigenvalue weighted by Gasteiger charge is -2.13. The molecule has 0 fully saturated rings. The minimum Gasteiger partial charge on any atom is -0.355 e. The molecule has 20 heavy (non-hydrogen) atoms. The van der Waals surface area contributed by atoms with Gasteiger partial charge in [-0.05, 0) is 69.1 Å². The van der Waals surface area contributed by atoms with Crippen LogP contribution in [0, 0.1) is 13.8 Å². The molecule has 0 unspecified atom stereocenters. The summed E-state index contributed by atoms with van der Waals surface area (Å²) >= 11 is 0. The van der Waals surface area contributed by atoms with Crippen LogP contribution in [-0.2, 0) is 6.42 Å². The fourth-order valence-electron chi connectivity index (χ4n) is 2.35. The Balaban J connectivity index is 2.08. The Morgan fingerprint density at radius 1 is 0.900 bits per heavy atom. The summed E-state index contributed by atoms with van der Waals surface area (Å²) in [5.41, 5.74) is 6.35. The van der Waals surface area contributed by atoms with Gasteiger partial charge < -0.3 is 10.6 Å². The maximum Gasteiger partial charge on any atom is 0.0414 e. The molecule has 0 radical (unpaired) electrons. The minimum atomic E-state index is 1.07. The first kappa shape index (κ1) is 14.6. The van der Waals surface area contributed by atoms with Crippen molar-refractivity contribution in [2.75, 3.05) is 18.9 Å². The molecule has 2 aromatic carbocycles. The smallest absolute Gasteiger partial charge is 0.0414 e. The zero-order valence-corrected chi connectivity index (χ0v) is 12.7. The zero-order valence-electron chi connectivity index (χ0n) is 12.7. The van der Waals surface area contributed by atoms with Gasteiger partial charge in [0.15, 0.2) is 0 Å². The van der Waals surface area contributed by atoms with Gasteiger partial charge in [-0.1, -0.05) is 30.3 Å². The van der Waals surface area contributed by atoms with Gasteiger partial charge in [0.05, 0.1) is 0 Å². The number of aryl methyl sites for hydroxylation is 3. The second-order valence-electron chi connectivity index (χ2n) is 5.30. The summed E-state index contributed by atoms with van der Waals surface area (Å²) in [6, 6.07) is 15.1. The predicted molar refractivity (Wildman–Crippen MR) is 87.9 cm³/mol. The number of hydrogen-bond acceptors (Lipinski definition) is 2. The Bertz CT molecular complexity index is 561. The highest BCUT2D eigenvalue weighted by atomic mass is 14.9. The Labute approximate surface area is 122 Å². The Hall–Kier alpha value is -1.80. The Morgan fingerprint density at radius 3 is 2.35 bits per heavy atom. The molecule has 2 aromatic rings. The lowest BCUT2D eigenvalue weighted by Crippen LogP contribution is -2.08. The monoisotopic (exact) mass is 268 g/mol. The van der Waals surface area contributed by atoms with Crippen LogP contribution in [0.4, 0.5) is 11.4 Å². The molecule has 2 N–H and O–H groups in total. The highest BCUT2D eigenvalue weighted by Gasteiger charge is 2.02. The molecule has 2 heteroatoms. The van der Waals surface area contributed by atoms with Crippen LogP contribution in [0.3, 0.4) is 0 Å². The summed E-state index contributed by atoms with van der Waals surface area (Å²) in [4.78, 5) is 0. The van der Waals surface area contributed by atoms with Gasteiger partial charge in [0.1, 0.15) is 0 Å². The van der Waals surface area contributed by atoms with Crippen LogP contribution in [0.15, 0.2) is 42.5 Å². The van der Waals surface area contributed by atoms with Gasteiger partial charge in [-0.3, -0.25) is 0 Å². The fourth-order valence-corrected chi connectivity index (χ4v) is 2.35. The molecule has 0 spiro atoms. The molecule has 2 nitrogen and oxygen atoms in total. The molecule has 0 aliphatic heterocycles. The van der Waals surface area contributed by atoms with Gasteiger partial charge in [0.2, 0.25) is 0 Å². The molecular weight excluding hydrogens is 244 g/mol. The summed E-state index contributed by atoms with van der Waals surface area (Å²) in [5.74, 6) is 0. The van der Waals surface area contributed by atoms with Crippen molar-refractivity contribution in [1.82, 2.24) is 5.32 Å². The standard InChI is InChI=1S/C18H24N2/c1-14-7-4-5-9-17(14)20-18-11-10-16(13-15(18)2)8-6-12-19-3/h4-5,7,9-11,13,19-20H,6,8,12H2,1-3H3. The van der Waals surface area contributed by atoms with E-state index in [0.717, 1.165) is 13.0 Å². The van der Waals surface area contributed by atoms with E-state index in [1.807, 2.05) is 7.05 Å². The van der Waals surface area contributed by atoms with Crippen molar-refractivity contribution in [2.45, 2.75) is 26.7 Å². The SMILES string of the molecule is CNCCCc1ccc(Nc2ccccc2C)c(C)c1. The van der Waals surface area contributed by atoms with Gasteiger partial charge in [0, 0.05) is 11.4 Å². The fraction of sp³-hybridized carbons (Fsp3) is 0.333. The highest BCUT2D eigenvalue weighted by molar-refractivity contribution is 5.65. The third-order valence-corrected chi connectivity index (χ3v) is 3.60. The molecule has 106 valence electrons. The third-order valence-electron chi connectivity index (χ3n) is 3.60. The molecule has 2 rings (SSSR count). The lowest BCUT2D eigenvalue weighted by atomic mass is 10.0. The van der Waals surface area contributed by atoms with E-state index in [0.29, 0.717) is 0 Å². The van der Waals surface area contributed by atoms with Crippen molar-refractivity contribution in [3.8, 4) is 0 Å². The number of para-hydroxylation sites is 1. The molecule has 0 aliphatic rings. The van der Waals surface area contributed by atoms with E-state index in [1.165, 1.54) is 34.5 Å². The van der Waals surface area contributed by atoms with Crippen LogP contribution >= 0.6 is 0 Å². The molecule has 0 atom stereocenters. The molecule has 0 heterocycles. The largest absolute Gasteiger partial charge is 0.355 e. The quantitative estimate of drug-likeness (QED) is 0.767.